The molecule has 0 N–H and O–H groups in total. The van der Waals surface area contributed by atoms with Crippen molar-refractivity contribution in [3.05, 3.63) is 81.7 Å². The van der Waals surface area contributed by atoms with Gasteiger partial charge in [0.25, 0.3) is 5.91 Å². The smallest absolute Gasteiger partial charge is 0.276 e. The lowest BCUT2D eigenvalue weighted by Gasteiger charge is -2.34. The van der Waals surface area contributed by atoms with Crippen LogP contribution in [0.5, 0.6) is 5.75 Å². The van der Waals surface area contributed by atoms with Gasteiger partial charge in [-0.2, -0.15) is 0 Å². The molecule has 162 valence electrons. The molecule has 0 atom stereocenters. The van der Waals surface area contributed by atoms with Crippen LogP contribution in [0.3, 0.4) is 0 Å². The van der Waals surface area contributed by atoms with Crippen LogP contribution in [0.25, 0.3) is 0 Å². The van der Waals surface area contributed by atoms with E-state index in [-0.39, 0.29) is 12.5 Å². The number of carbonyl (C=O) groups is 1. The number of hydrogen-bond donors (Lipinski definition) is 0. The maximum atomic E-state index is 13.1. The molecule has 7 heteroatoms. The van der Waals surface area contributed by atoms with Gasteiger partial charge in [0.05, 0.1) is 5.56 Å². The molecule has 0 unspecified atom stereocenters. The average molecular weight is 440 g/mol. The van der Waals surface area contributed by atoms with Gasteiger partial charge in [0.15, 0.2) is 5.69 Å². The third-order valence-electron chi connectivity index (χ3n) is 5.61. The van der Waals surface area contributed by atoms with Gasteiger partial charge in [-0.3, -0.25) is 9.69 Å². The molecule has 0 spiro atoms. The number of carbonyl (C=O) groups excluding carboxylic acids is 1. The Morgan fingerprint density at radius 3 is 2.61 bits per heavy atom. The summed E-state index contributed by atoms with van der Waals surface area (Å²) in [6.45, 7) is 7.74. The van der Waals surface area contributed by atoms with Crippen LogP contribution in [0.2, 0.25) is 5.02 Å². The Kier molecular flexibility index (Phi) is 6.59. The highest BCUT2D eigenvalue weighted by Crippen LogP contribution is 2.22. The highest BCUT2D eigenvalue weighted by molar-refractivity contribution is 6.30. The maximum Gasteiger partial charge on any atom is 0.276 e. The van der Waals surface area contributed by atoms with Crippen LogP contribution in [0.4, 0.5) is 0 Å². The van der Waals surface area contributed by atoms with E-state index in [0.717, 1.165) is 36.0 Å². The van der Waals surface area contributed by atoms with E-state index in [1.165, 1.54) is 5.56 Å². The number of para-hydroxylation sites is 1. The molecule has 0 radical (unpaired) electrons. The van der Waals surface area contributed by atoms with Crippen molar-refractivity contribution in [1.29, 1.82) is 0 Å². The number of nitrogens with zero attached hydrogens (tertiary/aromatic N) is 3. The monoisotopic (exact) mass is 439 g/mol. The molecule has 2 heterocycles. The highest BCUT2D eigenvalue weighted by Gasteiger charge is 2.28. The zero-order chi connectivity index (χ0) is 21.8. The number of amides is 1. The SMILES string of the molecule is Cc1ccccc1OCc1c(C(=O)N2CCN(Cc3cccc(Cl)c3)CC2)noc1C. The molecule has 1 aromatic heterocycles. The number of aromatic nitrogens is 1. The standard InChI is InChI=1S/C24H26ClN3O3/c1-17-6-3-4-9-22(17)30-16-21-18(2)31-26-23(21)24(29)28-12-10-27(11-13-28)15-19-7-5-8-20(25)14-19/h3-9,14H,10-13,15-16H2,1-2H3. The van der Waals surface area contributed by atoms with Gasteiger partial charge in [-0.1, -0.05) is 47.1 Å². The van der Waals surface area contributed by atoms with E-state index in [1.54, 1.807) is 0 Å². The first-order chi connectivity index (χ1) is 15.0. The fraction of sp³-hybridized carbons (Fsp3) is 0.333. The first-order valence-electron chi connectivity index (χ1n) is 10.4. The van der Waals surface area contributed by atoms with Crippen LogP contribution < -0.4 is 4.74 Å². The Labute approximate surface area is 187 Å². The Balaban J connectivity index is 1.37. The van der Waals surface area contributed by atoms with Crippen molar-refractivity contribution in [2.24, 2.45) is 0 Å². The summed E-state index contributed by atoms with van der Waals surface area (Å²) in [5.41, 5.74) is 3.26. The third kappa shape index (κ3) is 5.09. The fourth-order valence-electron chi connectivity index (χ4n) is 3.75. The van der Waals surface area contributed by atoms with Crippen molar-refractivity contribution in [3.63, 3.8) is 0 Å². The summed E-state index contributed by atoms with van der Waals surface area (Å²) in [6, 6.07) is 15.7. The number of halogens is 1. The molecule has 1 aliphatic rings. The third-order valence-corrected chi connectivity index (χ3v) is 5.84. The van der Waals surface area contributed by atoms with E-state index in [9.17, 15) is 4.79 Å². The number of hydrogen-bond acceptors (Lipinski definition) is 5. The summed E-state index contributed by atoms with van der Waals surface area (Å²) in [4.78, 5) is 17.3. The summed E-state index contributed by atoms with van der Waals surface area (Å²) < 4.78 is 11.3. The van der Waals surface area contributed by atoms with E-state index in [1.807, 2.05) is 61.2 Å². The second kappa shape index (κ2) is 9.54. The minimum Gasteiger partial charge on any atom is -0.488 e. The second-order valence-electron chi connectivity index (χ2n) is 7.82. The topological polar surface area (TPSA) is 58.8 Å². The van der Waals surface area contributed by atoms with Crippen molar-refractivity contribution in [1.82, 2.24) is 15.0 Å². The number of piperazine rings is 1. The zero-order valence-corrected chi connectivity index (χ0v) is 18.6. The van der Waals surface area contributed by atoms with Crippen LogP contribution in [-0.2, 0) is 13.2 Å². The molecule has 0 aliphatic carbocycles. The van der Waals surface area contributed by atoms with Crippen LogP contribution in [0.15, 0.2) is 53.1 Å². The maximum absolute atomic E-state index is 13.1. The minimum atomic E-state index is -0.109. The first-order valence-corrected chi connectivity index (χ1v) is 10.8. The molecule has 31 heavy (non-hydrogen) atoms. The van der Waals surface area contributed by atoms with Gasteiger partial charge in [-0.05, 0) is 43.2 Å². The number of benzene rings is 2. The molecule has 1 amide bonds. The van der Waals surface area contributed by atoms with Gasteiger partial charge >= 0.3 is 0 Å². The molecule has 0 bridgehead atoms. The van der Waals surface area contributed by atoms with E-state index >= 15 is 0 Å². The van der Waals surface area contributed by atoms with Gasteiger partial charge in [0.2, 0.25) is 0 Å². The van der Waals surface area contributed by atoms with Gasteiger partial charge in [0.1, 0.15) is 18.1 Å². The van der Waals surface area contributed by atoms with Crippen LogP contribution >= 0.6 is 11.6 Å². The summed E-state index contributed by atoms with van der Waals surface area (Å²) in [7, 11) is 0. The zero-order valence-electron chi connectivity index (χ0n) is 17.8. The van der Waals surface area contributed by atoms with Crippen molar-refractivity contribution in [2.75, 3.05) is 26.2 Å². The van der Waals surface area contributed by atoms with Crippen molar-refractivity contribution in [3.8, 4) is 5.75 Å². The van der Waals surface area contributed by atoms with E-state index < -0.39 is 0 Å². The molecule has 1 fully saturated rings. The Hall–Kier alpha value is -2.83. The van der Waals surface area contributed by atoms with Crippen molar-refractivity contribution in [2.45, 2.75) is 27.0 Å². The Morgan fingerprint density at radius 2 is 1.87 bits per heavy atom. The predicted octanol–water partition coefficient (Wildman–Crippen LogP) is 4.48. The lowest BCUT2D eigenvalue weighted by molar-refractivity contribution is 0.0616. The molecular weight excluding hydrogens is 414 g/mol. The molecule has 6 nitrogen and oxygen atoms in total. The molecule has 2 aromatic carbocycles. The molecule has 1 saturated heterocycles. The summed E-state index contributed by atoms with van der Waals surface area (Å²) >= 11 is 6.09. The molecular formula is C24H26ClN3O3. The van der Waals surface area contributed by atoms with Crippen LogP contribution in [0.1, 0.15) is 32.9 Å². The van der Waals surface area contributed by atoms with E-state index in [0.29, 0.717) is 30.1 Å². The number of ether oxygens (including phenoxy) is 1. The Bertz CT molecular complexity index is 1060. The van der Waals surface area contributed by atoms with Crippen molar-refractivity contribution >= 4 is 17.5 Å². The minimum absolute atomic E-state index is 0.109. The average Bonchev–Trinajstić information content (AvgIpc) is 3.13. The predicted molar refractivity (Wildman–Crippen MR) is 119 cm³/mol. The van der Waals surface area contributed by atoms with Crippen molar-refractivity contribution < 1.29 is 14.1 Å². The molecule has 3 aromatic rings. The first kappa shape index (κ1) is 21.4. The number of rotatable bonds is 6. The quantitative estimate of drug-likeness (QED) is 0.566. The fourth-order valence-corrected chi connectivity index (χ4v) is 3.96. The summed E-state index contributed by atoms with van der Waals surface area (Å²) in [5.74, 6) is 1.29. The van der Waals surface area contributed by atoms with Gasteiger partial charge in [-0.25, -0.2) is 0 Å². The molecule has 0 saturated carbocycles. The van der Waals surface area contributed by atoms with Crippen LogP contribution in [-0.4, -0.2) is 47.0 Å². The summed E-state index contributed by atoms with van der Waals surface area (Å²) in [5, 5.41) is 4.79. The molecule has 4 rings (SSSR count). The van der Waals surface area contributed by atoms with E-state index in [4.69, 9.17) is 20.9 Å². The van der Waals surface area contributed by atoms with Gasteiger partial charge < -0.3 is 14.2 Å². The van der Waals surface area contributed by atoms with Gasteiger partial charge in [0, 0.05) is 37.7 Å². The Morgan fingerprint density at radius 1 is 1.10 bits per heavy atom. The number of aryl methyl sites for hydroxylation is 2. The lowest BCUT2D eigenvalue weighted by Crippen LogP contribution is -2.48. The van der Waals surface area contributed by atoms with E-state index in [2.05, 4.69) is 16.1 Å². The lowest BCUT2D eigenvalue weighted by atomic mass is 10.1. The second-order valence-corrected chi connectivity index (χ2v) is 8.25. The summed E-state index contributed by atoms with van der Waals surface area (Å²) in [6.07, 6.45) is 0. The highest BCUT2D eigenvalue weighted by atomic mass is 35.5. The normalized spacial score (nSPS) is 14.6. The van der Waals surface area contributed by atoms with Crippen LogP contribution in [0, 0.1) is 13.8 Å². The molecule has 1 aliphatic heterocycles. The largest absolute Gasteiger partial charge is 0.488 e. The van der Waals surface area contributed by atoms with Gasteiger partial charge in [-0.15, -0.1) is 0 Å².